The van der Waals surface area contributed by atoms with Gasteiger partial charge in [-0.25, -0.2) is 5.32 Å². The second kappa shape index (κ2) is 7.90. The van der Waals surface area contributed by atoms with Crippen LogP contribution in [0.2, 0.25) is 0 Å². The second-order valence-electron chi connectivity index (χ2n) is 5.15. The van der Waals surface area contributed by atoms with Crippen molar-refractivity contribution >= 4 is 11.6 Å². The fourth-order valence-corrected chi connectivity index (χ4v) is 2.49. The summed E-state index contributed by atoms with van der Waals surface area (Å²) in [6.45, 7) is 4.44. The second-order valence-corrected chi connectivity index (χ2v) is 5.15. The molecular weight excluding hydrogens is 252 g/mol. The van der Waals surface area contributed by atoms with Crippen LogP contribution in [-0.2, 0) is 4.79 Å². The Labute approximate surface area is 120 Å². The number of nitrogens with one attached hydrogen (secondary N) is 1. The van der Waals surface area contributed by atoms with Crippen molar-refractivity contribution in [1.29, 1.82) is 0 Å². The molecule has 109 valence electrons. The number of nitrogens with zero attached hydrogens (tertiary/aromatic N) is 1. The van der Waals surface area contributed by atoms with Crippen LogP contribution in [0, 0.1) is 5.92 Å². The Hall–Kier alpha value is -1.55. The summed E-state index contributed by atoms with van der Waals surface area (Å²) in [5.41, 5.74) is 0.757. The number of hydrogen-bond donors (Lipinski definition) is 1. The van der Waals surface area contributed by atoms with Gasteiger partial charge in [0.15, 0.2) is 0 Å². The monoisotopic (exact) mass is 275 g/mol. The van der Waals surface area contributed by atoms with E-state index in [0.717, 1.165) is 30.9 Å². The molecular formula is C16H23N2O2. The fourth-order valence-electron chi connectivity index (χ4n) is 2.49. The molecule has 1 aliphatic heterocycles. The van der Waals surface area contributed by atoms with Gasteiger partial charge in [0.25, 0.3) is 0 Å². The molecule has 0 saturated carbocycles. The van der Waals surface area contributed by atoms with E-state index in [-0.39, 0.29) is 5.91 Å². The fraction of sp³-hybridized carbons (Fsp3) is 0.562. The molecule has 4 nitrogen and oxygen atoms in total. The number of hydrogen-bond acceptors (Lipinski definition) is 2. The van der Waals surface area contributed by atoms with E-state index in [2.05, 4.69) is 10.6 Å². The Balaban J connectivity index is 1.81. The number of anilines is 1. The quantitative estimate of drug-likeness (QED) is 0.868. The summed E-state index contributed by atoms with van der Waals surface area (Å²) in [5, 5.41) is 7.35. The molecule has 1 saturated heterocycles. The third kappa shape index (κ3) is 4.53. The van der Waals surface area contributed by atoms with Gasteiger partial charge in [0, 0.05) is 19.5 Å². The molecule has 1 fully saturated rings. The summed E-state index contributed by atoms with van der Waals surface area (Å²) < 4.78 is 5.50. The number of carbonyl (C=O) groups excluding carboxylic acids is 1. The van der Waals surface area contributed by atoms with Crippen molar-refractivity contribution in [2.45, 2.75) is 32.6 Å². The van der Waals surface area contributed by atoms with Crippen LogP contribution in [0.4, 0.5) is 5.69 Å². The van der Waals surface area contributed by atoms with Crippen molar-refractivity contribution in [3.8, 4) is 5.75 Å². The minimum atomic E-state index is 0.0581. The lowest BCUT2D eigenvalue weighted by molar-refractivity contribution is -0.116. The van der Waals surface area contributed by atoms with Crippen LogP contribution >= 0.6 is 0 Å². The van der Waals surface area contributed by atoms with E-state index in [1.807, 2.05) is 31.2 Å². The van der Waals surface area contributed by atoms with Crippen molar-refractivity contribution in [2.75, 3.05) is 25.0 Å². The third-order valence-electron chi connectivity index (χ3n) is 3.56. The SMILES string of the molecule is CCOc1ccccc1NC(=O)CCC1CCC[N]C1. The molecule has 4 heteroatoms. The van der Waals surface area contributed by atoms with Gasteiger partial charge in [0.05, 0.1) is 12.3 Å². The van der Waals surface area contributed by atoms with Crippen LogP contribution in [-0.4, -0.2) is 25.6 Å². The molecule has 1 aliphatic rings. The number of piperidine rings is 1. The number of carbonyl (C=O) groups is 1. The number of benzene rings is 1. The first-order valence-corrected chi connectivity index (χ1v) is 7.44. The van der Waals surface area contributed by atoms with Gasteiger partial charge >= 0.3 is 0 Å². The van der Waals surface area contributed by atoms with E-state index in [9.17, 15) is 4.79 Å². The van der Waals surface area contributed by atoms with Gasteiger partial charge in [-0.1, -0.05) is 12.1 Å². The molecule has 1 aromatic rings. The summed E-state index contributed by atoms with van der Waals surface area (Å²) in [4.78, 5) is 12.0. The molecule has 2 rings (SSSR count). The van der Waals surface area contributed by atoms with Crippen LogP contribution in [0.3, 0.4) is 0 Å². The Morgan fingerprint density at radius 1 is 1.45 bits per heavy atom. The molecule has 1 radical (unpaired) electrons. The molecule has 1 N–H and O–H groups in total. The highest BCUT2D eigenvalue weighted by Gasteiger charge is 2.15. The zero-order chi connectivity index (χ0) is 14.2. The zero-order valence-electron chi connectivity index (χ0n) is 12.1. The van der Waals surface area contributed by atoms with E-state index in [1.54, 1.807) is 0 Å². The van der Waals surface area contributed by atoms with Gasteiger partial charge in [-0.2, -0.15) is 0 Å². The molecule has 0 aliphatic carbocycles. The van der Waals surface area contributed by atoms with Crippen LogP contribution < -0.4 is 15.4 Å². The van der Waals surface area contributed by atoms with Gasteiger partial charge in [0.2, 0.25) is 5.91 Å². The zero-order valence-corrected chi connectivity index (χ0v) is 12.1. The number of amides is 1. The van der Waals surface area contributed by atoms with E-state index >= 15 is 0 Å². The van der Waals surface area contributed by atoms with Crippen LogP contribution in [0.15, 0.2) is 24.3 Å². The molecule has 0 aromatic heterocycles. The minimum Gasteiger partial charge on any atom is -0.492 e. The first-order chi connectivity index (χ1) is 9.79. The van der Waals surface area contributed by atoms with E-state index < -0.39 is 0 Å². The topological polar surface area (TPSA) is 52.4 Å². The number of rotatable bonds is 6. The van der Waals surface area contributed by atoms with Crippen molar-refractivity contribution < 1.29 is 9.53 Å². The molecule has 0 spiro atoms. The Kier molecular flexibility index (Phi) is 5.87. The van der Waals surface area contributed by atoms with Gasteiger partial charge in [0.1, 0.15) is 5.75 Å². The van der Waals surface area contributed by atoms with Crippen molar-refractivity contribution in [1.82, 2.24) is 5.32 Å². The Bertz CT molecular complexity index is 428. The molecule has 0 bridgehead atoms. The summed E-state index contributed by atoms with van der Waals surface area (Å²) in [7, 11) is 0. The predicted octanol–water partition coefficient (Wildman–Crippen LogP) is 2.82. The van der Waals surface area contributed by atoms with Gasteiger partial charge in [-0.3, -0.25) is 4.79 Å². The first kappa shape index (κ1) is 14.9. The minimum absolute atomic E-state index is 0.0581. The molecule has 1 atom stereocenters. The maximum absolute atomic E-state index is 12.0. The maximum atomic E-state index is 12.0. The summed E-state index contributed by atoms with van der Waals surface area (Å²) >= 11 is 0. The van der Waals surface area contributed by atoms with E-state index in [1.165, 1.54) is 12.8 Å². The van der Waals surface area contributed by atoms with Crippen LogP contribution in [0.1, 0.15) is 32.6 Å². The highest BCUT2D eigenvalue weighted by atomic mass is 16.5. The van der Waals surface area contributed by atoms with Gasteiger partial charge in [-0.05, 0) is 44.2 Å². The van der Waals surface area contributed by atoms with Crippen LogP contribution in [0.5, 0.6) is 5.75 Å². The normalized spacial score (nSPS) is 18.6. The molecule has 1 unspecified atom stereocenters. The lowest BCUT2D eigenvalue weighted by Gasteiger charge is -2.21. The van der Waals surface area contributed by atoms with Crippen molar-refractivity contribution in [3.63, 3.8) is 0 Å². The lowest BCUT2D eigenvalue weighted by atomic mass is 9.94. The Morgan fingerprint density at radius 2 is 2.30 bits per heavy atom. The summed E-state index contributed by atoms with van der Waals surface area (Å²) in [5.74, 6) is 1.37. The Morgan fingerprint density at radius 3 is 3.05 bits per heavy atom. The molecule has 1 aromatic carbocycles. The molecule has 1 heterocycles. The number of para-hydroxylation sites is 2. The summed E-state index contributed by atoms with van der Waals surface area (Å²) in [6.07, 6.45) is 3.85. The highest BCUT2D eigenvalue weighted by molar-refractivity contribution is 5.92. The lowest BCUT2D eigenvalue weighted by Crippen LogP contribution is -2.25. The van der Waals surface area contributed by atoms with E-state index in [0.29, 0.717) is 18.9 Å². The summed E-state index contributed by atoms with van der Waals surface area (Å²) in [6, 6.07) is 7.56. The molecule has 20 heavy (non-hydrogen) atoms. The number of ether oxygens (including phenoxy) is 1. The van der Waals surface area contributed by atoms with Crippen molar-refractivity contribution in [2.24, 2.45) is 5.92 Å². The maximum Gasteiger partial charge on any atom is 0.224 e. The highest BCUT2D eigenvalue weighted by Crippen LogP contribution is 2.24. The first-order valence-electron chi connectivity index (χ1n) is 7.44. The van der Waals surface area contributed by atoms with Gasteiger partial charge < -0.3 is 10.1 Å². The average Bonchev–Trinajstić information content (AvgIpc) is 2.49. The third-order valence-corrected chi connectivity index (χ3v) is 3.56. The van der Waals surface area contributed by atoms with Crippen LogP contribution in [0.25, 0.3) is 0 Å². The smallest absolute Gasteiger partial charge is 0.224 e. The largest absolute Gasteiger partial charge is 0.492 e. The molecule has 1 amide bonds. The van der Waals surface area contributed by atoms with Crippen molar-refractivity contribution in [3.05, 3.63) is 24.3 Å². The standard InChI is InChI=1S/C16H23N2O2/c1-2-20-15-8-4-3-7-14(15)18-16(19)10-9-13-6-5-11-17-12-13/h3-4,7-8,13H,2,5-6,9-12H2,1H3,(H,18,19). The average molecular weight is 275 g/mol. The predicted molar refractivity (Wildman–Crippen MR) is 80.1 cm³/mol. The van der Waals surface area contributed by atoms with Gasteiger partial charge in [-0.15, -0.1) is 0 Å². The van der Waals surface area contributed by atoms with E-state index in [4.69, 9.17) is 4.74 Å².